The monoisotopic (exact) mass is 442 g/mol. The molecule has 1 amide bonds. The van der Waals surface area contributed by atoms with Crippen molar-refractivity contribution in [1.82, 2.24) is 4.90 Å². The van der Waals surface area contributed by atoms with Gasteiger partial charge in [-0.05, 0) is 66.5 Å². The van der Waals surface area contributed by atoms with Crippen molar-refractivity contribution >= 4 is 34.2 Å². The number of anilines is 1. The van der Waals surface area contributed by atoms with Gasteiger partial charge in [-0.25, -0.2) is 0 Å². The molecule has 0 radical (unpaired) electrons. The highest BCUT2D eigenvalue weighted by molar-refractivity contribution is 14.1. The fourth-order valence-corrected chi connectivity index (χ4v) is 4.19. The lowest BCUT2D eigenvalue weighted by Gasteiger charge is -2.34. The number of likely N-dealkylation sites (tertiary alicyclic amines) is 1. The number of nitrogens with zero attached hydrogens (tertiary/aromatic N) is 1. The molecule has 5 heteroatoms. The maximum atomic E-state index is 12.2. The van der Waals surface area contributed by atoms with Crippen LogP contribution in [0.4, 0.5) is 5.69 Å². The topological polar surface area (TPSA) is 41.6 Å². The molecule has 1 heterocycles. The van der Waals surface area contributed by atoms with Crippen molar-refractivity contribution in [2.45, 2.75) is 57.2 Å². The molecule has 0 spiro atoms. The van der Waals surface area contributed by atoms with Gasteiger partial charge in [0.1, 0.15) is 0 Å². The predicted molar refractivity (Wildman–Crippen MR) is 105 cm³/mol. The summed E-state index contributed by atoms with van der Waals surface area (Å²) in [4.78, 5) is 14.4. The Morgan fingerprint density at radius 1 is 1.12 bits per heavy atom. The first-order valence-electron chi connectivity index (χ1n) is 9.12. The first-order chi connectivity index (χ1) is 11.7. The van der Waals surface area contributed by atoms with Crippen molar-refractivity contribution in [3.05, 3.63) is 27.8 Å². The fraction of sp³-hybridized carbons (Fsp3) is 0.632. The van der Waals surface area contributed by atoms with E-state index in [1.165, 1.54) is 32.1 Å². The maximum Gasteiger partial charge on any atom is 0.238 e. The van der Waals surface area contributed by atoms with E-state index in [0.29, 0.717) is 18.8 Å². The molecule has 132 valence electrons. The van der Waals surface area contributed by atoms with Crippen molar-refractivity contribution in [1.29, 1.82) is 0 Å². The van der Waals surface area contributed by atoms with Crippen LogP contribution in [0.2, 0.25) is 0 Å². The minimum Gasteiger partial charge on any atom is -0.375 e. The summed E-state index contributed by atoms with van der Waals surface area (Å²) in [6.07, 6.45) is 9.46. The summed E-state index contributed by atoms with van der Waals surface area (Å²) in [5.41, 5.74) is 0.877. The summed E-state index contributed by atoms with van der Waals surface area (Å²) >= 11 is 2.26. The molecule has 3 rings (SSSR count). The van der Waals surface area contributed by atoms with Crippen LogP contribution in [0.15, 0.2) is 24.3 Å². The second-order valence-corrected chi connectivity index (χ2v) is 8.18. The van der Waals surface area contributed by atoms with Crippen LogP contribution in [0, 0.1) is 3.57 Å². The lowest BCUT2D eigenvalue weighted by atomic mass is 9.97. The van der Waals surface area contributed by atoms with E-state index in [4.69, 9.17) is 4.74 Å². The molecule has 0 unspecified atom stereocenters. The number of rotatable bonds is 5. The van der Waals surface area contributed by atoms with Crippen LogP contribution in [0.25, 0.3) is 0 Å². The number of piperidine rings is 1. The quantitative estimate of drug-likeness (QED) is 0.700. The highest BCUT2D eigenvalue weighted by Gasteiger charge is 2.24. The van der Waals surface area contributed by atoms with Crippen molar-refractivity contribution in [2.75, 3.05) is 25.0 Å². The molecular weight excluding hydrogens is 415 g/mol. The van der Waals surface area contributed by atoms with Gasteiger partial charge in [0, 0.05) is 22.3 Å². The van der Waals surface area contributed by atoms with Gasteiger partial charge in [-0.1, -0.05) is 25.3 Å². The molecule has 24 heavy (non-hydrogen) atoms. The summed E-state index contributed by atoms with van der Waals surface area (Å²) in [5, 5.41) is 2.99. The van der Waals surface area contributed by atoms with Crippen molar-refractivity contribution < 1.29 is 9.53 Å². The molecule has 1 N–H and O–H groups in total. The number of carbonyl (C=O) groups is 1. The van der Waals surface area contributed by atoms with E-state index in [0.717, 1.165) is 35.2 Å². The van der Waals surface area contributed by atoms with Gasteiger partial charge in [0.05, 0.1) is 18.8 Å². The van der Waals surface area contributed by atoms with E-state index in [2.05, 4.69) is 32.8 Å². The van der Waals surface area contributed by atoms with Gasteiger partial charge < -0.3 is 10.1 Å². The average Bonchev–Trinajstić information content (AvgIpc) is 2.57. The van der Waals surface area contributed by atoms with Gasteiger partial charge in [0.2, 0.25) is 5.91 Å². The lowest BCUT2D eigenvalue weighted by Crippen LogP contribution is -2.42. The molecule has 0 aromatic heterocycles. The maximum absolute atomic E-state index is 12.2. The third kappa shape index (κ3) is 5.70. The number of nitrogens with one attached hydrogen (secondary N) is 1. The second kappa shape index (κ2) is 9.15. The Balaban J connectivity index is 1.37. The molecule has 1 aromatic rings. The van der Waals surface area contributed by atoms with Crippen LogP contribution in [-0.4, -0.2) is 42.6 Å². The zero-order chi connectivity index (χ0) is 16.8. The van der Waals surface area contributed by atoms with Gasteiger partial charge in [0.25, 0.3) is 0 Å². The number of hydrogen-bond acceptors (Lipinski definition) is 3. The number of halogens is 1. The van der Waals surface area contributed by atoms with Crippen molar-refractivity contribution in [2.24, 2.45) is 0 Å². The third-order valence-electron chi connectivity index (χ3n) is 4.95. The van der Waals surface area contributed by atoms with E-state index < -0.39 is 0 Å². The number of benzene rings is 1. The molecule has 2 fully saturated rings. The lowest BCUT2D eigenvalue weighted by molar-refractivity contribution is -0.118. The van der Waals surface area contributed by atoms with Gasteiger partial charge >= 0.3 is 0 Å². The number of hydrogen-bond donors (Lipinski definition) is 1. The summed E-state index contributed by atoms with van der Waals surface area (Å²) in [6.45, 7) is 2.38. The van der Waals surface area contributed by atoms with Crippen molar-refractivity contribution in [3.8, 4) is 0 Å². The van der Waals surface area contributed by atoms with Crippen LogP contribution >= 0.6 is 22.6 Å². The van der Waals surface area contributed by atoms with E-state index >= 15 is 0 Å². The zero-order valence-electron chi connectivity index (χ0n) is 14.2. The molecule has 1 aliphatic heterocycles. The van der Waals surface area contributed by atoms with Gasteiger partial charge in [-0.15, -0.1) is 0 Å². The Kier molecular flexibility index (Phi) is 6.92. The largest absolute Gasteiger partial charge is 0.375 e. The standard InChI is InChI=1S/C19H27IN2O2/c20-15-5-4-6-16(13-15)21-19(23)14-22-11-9-18(10-12-22)24-17-7-2-1-3-8-17/h4-6,13,17-18H,1-3,7-12,14H2,(H,21,23). The van der Waals surface area contributed by atoms with Gasteiger partial charge in [-0.2, -0.15) is 0 Å². The Morgan fingerprint density at radius 3 is 2.54 bits per heavy atom. The predicted octanol–water partition coefficient (Wildman–Crippen LogP) is 4.04. The zero-order valence-corrected chi connectivity index (χ0v) is 16.3. The van der Waals surface area contributed by atoms with Gasteiger partial charge in [-0.3, -0.25) is 9.69 Å². The molecule has 2 aliphatic rings. The second-order valence-electron chi connectivity index (χ2n) is 6.93. The smallest absolute Gasteiger partial charge is 0.238 e. The highest BCUT2D eigenvalue weighted by atomic mass is 127. The fourth-order valence-electron chi connectivity index (χ4n) is 3.65. The van der Waals surface area contributed by atoms with E-state index in [-0.39, 0.29) is 5.91 Å². The van der Waals surface area contributed by atoms with Crippen LogP contribution in [0.1, 0.15) is 44.9 Å². The summed E-state index contributed by atoms with van der Waals surface area (Å²) in [6, 6.07) is 7.91. The Hall–Kier alpha value is -0.660. The third-order valence-corrected chi connectivity index (χ3v) is 5.62. The Labute approximate surface area is 158 Å². The SMILES string of the molecule is O=C(CN1CCC(OC2CCCCC2)CC1)Nc1cccc(I)c1. The molecule has 0 bridgehead atoms. The van der Waals surface area contributed by atoms with Crippen LogP contribution in [-0.2, 0) is 9.53 Å². The molecule has 1 aromatic carbocycles. The first-order valence-corrected chi connectivity index (χ1v) is 10.2. The Morgan fingerprint density at radius 2 is 1.83 bits per heavy atom. The molecule has 1 saturated heterocycles. The van der Waals surface area contributed by atoms with E-state index in [1.54, 1.807) is 0 Å². The molecular formula is C19H27IN2O2. The number of carbonyl (C=O) groups excluding carboxylic acids is 1. The van der Waals surface area contributed by atoms with Gasteiger partial charge in [0.15, 0.2) is 0 Å². The Bertz CT molecular complexity index is 538. The van der Waals surface area contributed by atoms with Crippen molar-refractivity contribution in [3.63, 3.8) is 0 Å². The van der Waals surface area contributed by atoms with Crippen LogP contribution in [0.5, 0.6) is 0 Å². The highest BCUT2D eigenvalue weighted by Crippen LogP contribution is 2.24. The minimum atomic E-state index is 0.0728. The summed E-state index contributed by atoms with van der Waals surface area (Å²) in [5.74, 6) is 0.0728. The minimum absolute atomic E-state index is 0.0728. The molecule has 1 aliphatic carbocycles. The summed E-state index contributed by atoms with van der Waals surface area (Å²) in [7, 11) is 0. The van der Waals surface area contributed by atoms with E-state index in [1.807, 2.05) is 24.3 Å². The van der Waals surface area contributed by atoms with Crippen LogP contribution in [0.3, 0.4) is 0 Å². The first kappa shape index (κ1) is 18.1. The molecule has 1 saturated carbocycles. The molecule has 0 atom stereocenters. The molecule has 4 nitrogen and oxygen atoms in total. The number of amides is 1. The normalized spacial score (nSPS) is 20.9. The van der Waals surface area contributed by atoms with E-state index in [9.17, 15) is 4.79 Å². The average molecular weight is 442 g/mol. The summed E-state index contributed by atoms with van der Waals surface area (Å²) < 4.78 is 7.40. The van der Waals surface area contributed by atoms with Crippen LogP contribution < -0.4 is 5.32 Å². The number of ether oxygens (including phenoxy) is 1.